The van der Waals surface area contributed by atoms with E-state index in [0.717, 1.165) is 6.42 Å². The van der Waals surface area contributed by atoms with Crippen molar-refractivity contribution < 1.29 is 80.1 Å². The molecule has 23 nitrogen and oxygen atoms in total. The van der Waals surface area contributed by atoms with Crippen molar-refractivity contribution in [2.45, 2.75) is 44.4 Å². The lowest BCUT2D eigenvalue weighted by Gasteiger charge is -2.38. The highest BCUT2D eigenvalue weighted by molar-refractivity contribution is 7.89. The average molecular weight is 1050 g/mol. The van der Waals surface area contributed by atoms with E-state index in [0.29, 0.717) is 167 Å². The maximum atomic E-state index is 13.6. The summed E-state index contributed by atoms with van der Waals surface area (Å²) in [4.78, 5) is 50.5. The number of carbonyl (C=O) groups excluding carboxylic acids is 2. The normalized spacial score (nSPS) is 14.0. The van der Waals surface area contributed by atoms with Gasteiger partial charge in [0.25, 0.3) is 5.91 Å². The van der Waals surface area contributed by atoms with Crippen LogP contribution < -0.4 is 11.1 Å². The number of hydrogen-bond acceptors (Lipinski definition) is 19. The number of rotatable bonds is 43. The lowest BCUT2D eigenvalue weighted by molar-refractivity contribution is -0.180. The fraction of sp³-hybridized carbons (Fsp3) is 0.653. The van der Waals surface area contributed by atoms with E-state index >= 15 is 0 Å². The van der Waals surface area contributed by atoms with Crippen LogP contribution in [0.2, 0.25) is 0 Å². The first-order valence-electron chi connectivity index (χ1n) is 24.9. The molecule has 410 valence electrons. The van der Waals surface area contributed by atoms with Gasteiger partial charge in [0.1, 0.15) is 10.7 Å². The Balaban J connectivity index is 0.931. The third-order valence-corrected chi connectivity index (χ3v) is 12.5. The second-order valence-corrected chi connectivity index (χ2v) is 18.4. The van der Waals surface area contributed by atoms with Gasteiger partial charge in [0.2, 0.25) is 15.9 Å². The maximum Gasteiger partial charge on any atom is 0.305 e. The van der Waals surface area contributed by atoms with Crippen LogP contribution in [0.25, 0.3) is 17.2 Å². The summed E-state index contributed by atoms with van der Waals surface area (Å²) in [5.74, 6) is -1.10. The van der Waals surface area contributed by atoms with E-state index in [1.807, 2.05) is 26.0 Å². The molecular formula is C49H76N6O17S. The Kier molecular flexibility index (Phi) is 30.4. The number of aromatic nitrogens is 1. The number of amidine groups is 1. The van der Waals surface area contributed by atoms with E-state index in [9.17, 15) is 22.8 Å². The van der Waals surface area contributed by atoms with Crippen LogP contribution in [0.1, 0.15) is 45.1 Å². The molecule has 1 aromatic carbocycles. The van der Waals surface area contributed by atoms with Crippen LogP contribution in [0.5, 0.6) is 0 Å². The Morgan fingerprint density at radius 2 is 1.19 bits per heavy atom. The summed E-state index contributed by atoms with van der Waals surface area (Å²) in [6, 6.07) is 7.02. The molecule has 1 fully saturated rings. The molecule has 24 heteroatoms. The Morgan fingerprint density at radius 3 is 1.67 bits per heavy atom. The van der Waals surface area contributed by atoms with Gasteiger partial charge in [-0.2, -0.15) is 4.31 Å². The van der Waals surface area contributed by atoms with Crippen molar-refractivity contribution in [3.05, 3.63) is 47.8 Å². The predicted octanol–water partition coefficient (Wildman–Crippen LogP) is 2.48. The topological polar surface area (TPSA) is 277 Å². The monoisotopic (exact) mass is 1050 g/mol. The van der Waals surface area contributed by atoms with E-state index in [2.05, 4.69) is 15.3 Å². The summed E-state index contributed by atoms with van der Waals surface area (Å²) in [5.41, 5.74) is 9.21. The van der Waals surface area contributed by atoms with Crippen molar-refractivity contribution in [3.8, 4) is 11.1 Å². The van der Waals surface area contributed by atoms with Gasteiger partial charge in [-0.1, -0.05) is 19.1 Å². The standard InChI is InChI=1S/C49H76N6O17S/c1-3-9-55(72-4-2)49(59)42-30-41-6-5-40(32-45(41)53-46(50)33-42)43-31-44(36-51-35-43)73(60,61)54-37-39(38-54)34-52-47(56)7-10-62-12-14-64-16-18-66-20-22-68-24-26-70-28-29-71-27-25-69-23-21-67-19-17-65-15-13-63-11-8-48(57)58/h5-6,30-32,35-36,39H,3-4,7-29,33-34,37-38H2,1-2H3,(H2,50,53)(H,52,56)(H,57,58). The number of sulfonamides is 1. The molecule has 0 radical (unpaired) electrons. The molecule has 0 atom stereocenters. The number of aliphatic carboxylic acids is 1. The first kappa shape index (κ1) is 61.0. The zero-order chi connectivity index (χ0) is 52.4. The van der Waals surface area contributed by atoms with Crippen LogP contribution in [-0.2, 0) is 76.6 Å². The Labute approximate surface area is 428 Å². The van der Waals surface area contributed by atoms with Gasteiger partial charge in [-0.3, -0.25) is 24.2 Å². The first-order chi connectivity index (χ1) is 35.5. The highest BCUT2D eigenvalue weighted by Crippen LogP contribution is 2.33. The number of nitrogens with two attached hydrogens (primary N) is 1. The molecule has 0 aliphatic carbocycles. The molecule has 2 aliphatic heterocycles. The quantitative estimate of drug-likeness (QED) is 0.0636. The number of nitrogens with zero attached hydrogens (tertiary/aromatic N) is 4. The van der Waals surface area contributed by atoms with E-state index < -0.39 is 16.0 Å². The van der Waals surface area contributed by atoms with Crippen molar-refractivity contribution in [3.63, 3.8) is 0 Å². The number of amides is 2. The second kappa shape index (κ2) is 36.4. The van der Waals surface area contributed by atoms with Crippen molar-refractivity contribution in [2.75, 3.05) is 165 Å². The highest BCUT2D eigenvalue weighted by atomic mass is 32.2. The summed E-state index contributed by atoms with van der Waals surface area (Å²) in [6.07, 6.45) is 5.71. The Hall–Kier alpha value is -4.54. The van der Waals surface area contributed by atoms with Crippen molar-refractivity contribution in [1.29, 1.82) is 0 Å². The van der Waals surface area contributed by atoms with E-state index in [4.69, 9.17) is 63.0 Å². The van der Waals surface area contributed by atoms with Crippen molar-refractivity contribution >= 4 is 45.4 Å². The summed E-state index contributed by atoms with van der Waals surface area (Å²) in [7, 11) is -3.84. The van der Waals surface area contributed by atoms with Gasteiger partial charge < -0.3 is 63.5 Å². The van der Waals surface area contributed by atoms with Crippen LogP contribution in [0.3, 0.4) is 0 Å². The van der Waals surface area contributed by atoms with Crippen LogP contribution in [0.15, 0.2) is 52.1 Å². The average Bonchev–Trinajstić information content (AvgIpc) is 3.53. The molecule has 4 rings (SSSR count). The summed E-state index contributed by atoms with van der Waals surface area (Å²) < 4.78 is 82.8. The second-order valence-electron chi connectivity index (χ2n) is 16.5. The van der Waals surface area contributed by atoms with Gasteiger partial charge in [-0.25, -0.2) is 18.5 Å². The van der Waals surface area contributed by atoms with E-state index in [1.165, 1.54) is 15.6 Å². The third-order valence-electron chi connectivity index (χ3n) is 10.7. The lowest BCUT2D eigenvalue weighted by atomic mass is 10.0. The summed E-state index contributed by atoms with van der Waals surface area (Å²) in [5, 5.41) is 12.7. The molecule has 4 N–H and O–H groups in total. The number of ether oxygens (including phenoxy) is 10. The molecule has 1 saturated heterocycles. The number of hydrogen-bond donors (Lipinski definition) is 3. The number of carbonyl (C=O) groups is 3. The molecule has 0 saturated carbocycles. The van der Waals surface area contributed by atoms with Gasteiger partial charge in [-0.15, -0.1) is 0 Å². The molecule has 2 amide bonds. The largest absolute Gasteiger partial charge is 0.481 e. The minimum Gasteiger partial charge on any atom is -0.481 e. The molecule has 2 aliphatic rings. The summed E-state index contributed by atoms with van der Waals surface area (Å²) in [6.45, 7) is 13.4. The SMILES string of the molecule is CCCN(OCC)C(=O)C1=Cc2ccc(-c3cncc(S(=O)(=O)N4CC(CNC(=O)CCOCCOCCOCCOCCOCCOCCOCCOCCOCCOCCC(=O)O)C4)c3)cc2N=C(N)C1. The number of fused-ring (bicyclic) bond motifs is 1. The number of nitrogens with one attached hydrogen (secondary N) is 1. The van der Waals surface area contributed by atoms with Gasteiger partial charge in [0.05, 0.1) is 151 Å². The molecule has 2 aromatic rings. The smallest absolute Gasteiger partial charge is 0.305 e. The van der Waals surface area contributed by atoms with Crippen LogP contribution in [-0.4, -0.2) is 216 Å². The first-order valence-corrected chi connectivity index (χ1v) is 26.3. The van der Waals surface area contributed by atoms with Gasteiger partial charge >= 0.3 is 5.97 Å². The highest BCUT2D eigenvalue weighted by Gasteiger charge is 2.37. The van der Waals surface area contributed by atoms with Gasteiger partial charge in [0.15, 0.2) is 0 Å². The van der Waals surface area contributed by atoms with Gasteiger partial charge in [-0.05, 0) is 37.1 Å². The zero-order valence-electron chi connectivity index (χ0n) is 42.4. The zero-order valence-corrected chi connectivity index (χ0v) is 43.2. The van der Waals surface area contributed by atoms with Crippen molar-refractivity contribution in [1.82, 2.24) is 19.7 Å². The molecule has 73 heavy (non-hydrogen) atoms. The van der Waals surface area contributed by atoms with Gasteiger partial charge in [0, 0.05) is 74.0 Å². The minimum absolute atomic E-state index is 0.0183. The van der Waals surface area contributed by atoms with Crippen LogP contribution in [0.4, 0.5) is 5.69 Å². The van der Waals surface area contributed by atoms with E-state index in [-0.39, 0.29) is 74.0 Å². The third kappa shape index (κ3) is 24.6. The van der Waals surface area contributed by atoms with Crippen molar-refractivity contribution in [2.24, 2.45) is 16.6 Å². The summed E-state index contributed by atoms with van der Waals surface area (Å²) >= 11 is 0. The number of carboxylic acids is 1. The fourth-order valence-electron chi connectivity index (χ4n) is 6.92. The maximum absolute atomic E-state index is 13.6. The van der Waals surface area contributed by atoms with Crippen LogP contribution in [0, 0.1) is 5.92 Å². The number of carboxylic acid groups (broad SMARTS) is 1. The predicted molar refractivity (Wildman–Crippen MR) is 267 cm³/mol. The number of aliphatic imine (C=N–C) groups is 1. The number of pyridine rings is 1. The Morgan fingerprint density at radius 1 is 0.699 bits per heavy atom. The van der Waals surface area contributed by atoms with E-state index in [1.54, 1.807) is 24.4 Å². The molecule has 1 aromatic heterocycles. The van der Waals surface area contributed by atoms with Crippen LogP contribution >= 0.6 is 0 Å². The lowest BCUT2D eigenvalue weighted by Crippen LogP contribution is -2.53. The number of hydroxylamine groups is 2. The molecule has 0 spiro atoms. The Bertz CT molecular complexity index is 2090. The molecular weight excluding hydrogens is 977 g/mol. The molecule has 0 unspecified atom stereocenters. The fourth-order valence-corrected chi connectivity index (χ4v) is 8.50. The minimum atomic E-state index is -3.84. The molecule has 0 bridgehead atoms. The number of benzene rings is 1. The molecule has 3 heterocycles.